The summed E-state index contributed by atoms with van der Waals surface area (Å²) in [6.45, 7) is 3.72. The number of rotatable bonds is 7. The molecule has 1 spiro atoms. The zero-order chi connectivity index (χ0) is 28.4. The van der Waals surface area contributed by atoms with E-state index >= 15 is 8.78 Å². The Kier molecular flexibility index (Phi) is 8.22. The lowest BCUT2D eigenvalue weighted by Gasteiger charge is -2.52. The summed E-state index contributed by atoms with van der Waals surface area (Å²) in [7, 11) is 0. The molecule has 3 aliphatic rings. The Morgan fingerprint density at radius 3 is 2.32 bits per heavy atom. The van der Waals surface area contributed by atoms with Gasteiger partial charge in [-0.05, 0) is 86.1 Å². The average molecular weight is 568 g/mol. The van der Waals surface area contributed by atoms with E-state index in [0.717, 1.165) is 63.0 Å². The molecule has 0 bridgehead atoms. The van der Waals surface area contributed by atoms with Crippen LogP contribution in [0.4, 0.5) is 23.2 Å². The first-order chi connectivity index (χ1) is 19.9. The van der Waals surface area contributed by atoms with Gasteiger partial charge in [0.2, 0.25) is 0 Å². The zero-order valence-corrected chi connectivity index (χ0v) is 23.2. The molecule has 3 heterocycles. The first-order valence-corrected chi connectivity index (χ1v) is 14.7. The highest BCUT2D eigenvalue weighted by molar-refractivity contribution is 5.54. The molecule has 8 heteroatoms. The van der Waals surface area contributed by atoms with Gasteiger partial charge >= 0.3 is 0 Å². The maximum Gasteiger partial charge on any atom is 0.251 e. The number of nitrogens with one attached hydrogen (secondary N) is 1. The van der Waals surface area contributed by atoms with E-state index in [1.54, 1.807) is 12.1 Å². The molecule has 4 nitrogen and oxygen atoms in total. The molecule has 3 aromatic rings. The molecule has 41 heavy (non-hydrogen) atoms. The molecule has 1 N–H and O–H groups in total. The minimum Gasteiger partial charge on any atom is -0.489 e. The fourth-order valence-electron chi connectivity index (χ4n) is 6.90. The number of hydrogen-bond acceptors (Lipinski definition) is 4. The van der Waals surface area contributed by atoms with E-state index in [1.165, 1.54) is 17.0 Å². The summed E-state index contributed by atoms with van der Waals surface area (Å²) in [5.41, 5.74) is 3.09. The molecule has 6 rings (SSSR count). The maximum absolute atomic E-state index is 15.8. The number of ether oxygens (including phenoxy) is 1. The first kappa shape index (κ1) is 28.0. The van der Waals surface area contributed by atoms with Gasteiger partial charge < -0.3 is 15.0 Å². The number of alkyl halides is 2. The average Bonchev–Trinajstić information content (AvgIpc) is 2.91. The minimum absolute atomic E-state index is 0.166. The van der Waals surface area contributed by atoms with E-state index in [-0.39, 0.29) is 17.5 Å². The van der Waals surface area contributed by atoms with Crippen molar-refractivity contribution in [3.63, 3.8) is 0 Å². The number of halogens is 4. The highest BCUT2D eigenvalue weighted by atomic mass is 19.3. The minimum atomic E-state index is -2.62. The molecule has 2 fully saturated rings. The molecule has 1 unspecified atom stereocenters. The second-order valence-corrected chi connectivity index (χ2v) is 11.8. The monoisotopic (exact) mass is 567 g/mol. The van der Waals surface area contributed by atoms with Crippen LogP contribution in [0.5, 0.6) is 5.75 Å². The van der Waals surface area contributed by atoms with Crippen molar-refractivity contribution in [1.82, 2.24) is 10.2 Å². The van der Waals surface area contributed by atoms with Gasteiger partial charge in [-0.15, -0.1) is 0 Å². The number of benzene rings is 3. The summed E-state index contributed by atoms with van der Waals surface area (Å²) in [4.78, 5) is 3.55. The van der Waals surface area contributed by atoms with Gasteiger partial charge in [0.25, 0.3) is 6.43 Å². The molecule has 0 radical (unpaired) electrons. The second-order valence-electron chi connectivity index (χ2n) is 11.8. The van der Waals surface area contributed by atoms with Crippen molar-refractivity contribution in [2.75, 3.05) is 44.2 Å². The fourth-order valence-corrected chi connectivity index (χ4v) is 6.90. The van der Waals surface area contributed by atoms with Crippen molar-refractivity contribution in [3.8, 4) is 5.75 Å². The Morgan fingerprint density at radius 2 is 1.63 bits per heavy atom. The van der Waals surface area contributed by atoms with Crippen LogP contribution in [-0.2, 0) is 13.0 Å². The third-order valence-corrected chi connectivity index (χ3v) is 8.94. The highest BCUT2D eigenvalue weighted by Crippen LogP contribution is 2.45. The van der Waals surface area contributed by atoms with Crippen LogP contribution in [0.2, 0.25) is 0 Å². The van der Waals surface area contributed by atoms with Crippen molar-refractivity contribution < 1.29 is 22.3 Å². The number of hydrogen-bond donors (Lipinski definition) is 1. The van der Waals surface area contributed by atoms with E-state index in [0.29, 0.717) is 30.0 Å². The van der Waals surface area contributed by atoms with E-state index in [9.17, 15) is 8.78 Å². The van der Waals surface area contributed by atoms with Crippen molar-refractivity contribution in [2.24, 2.45) is 5.41 Å². The Bertz CT molecular complexity index is 1310. The van der Waals surface area contributed by atoms with Crippen LogP contribution in [-0.4, -0.2) is 50.6 Å². The molecule has 218 valence electrons. The summed E-state index contributed by atoms with van der Waals surface area (Å²) in [5.74, 6) is -0.740. The number of fused-ring (bicyclic) bond motifs is 1. The molecule has 3 aromatic carbocycles. The lowest BCUT2D eigenvalue weighted by Crippen LogP contribution is -2.57. The predicted molar refractivity (Wildman–Crippen MR) is 153 cm³/mol. The standard InChI is InChI=1S/C33H37F4N3O/c34-28-17-25(40-21-33(22-40)11-4-13-38-14-5-12-33)18-29(35)31(28)32-27-9-8-26(41-20-23-6-2-1-3-7-23)16-24(27)10-15-39(32)19-30(36)37/h1-3,6-9,16-18,30,32,38H,4-5,10-15,19-22H2. The third kappa shape index (κ3) is 6.09. The Balaban J connectivity index is 1.25. The van der Waals surface area contributed by atoms with Gasteiger partial charge in [0.05, 0.1) is 12.6 Å². The lowest BCUT2D eigenvalue weighted by atomic mass is 9.71. The van der Waals surface area contributed by atoms with Gasteiger partial charge in [0, 0.05) is 36.3 Å². The topological polar surface area (TPSA) is 27.7 Å². The number of nitrogens with zero attached hydrogens (tertiary/aromatic N) is 2. The van der Waals surface area contributed by atoms with Gasteiger partial charge in [0.15, 0.2) is 0 Å². The van der Waals surface area contributed by atoms with E-state index in [1.807, 2.05) is 41.3 Å². The summed E-state index contributed by atoms with van der Waals surface area (Å²) in [5, 5.41) is 3.44. The first-order valence-electron chi connectivity index (χ1n) is 14.7. The fraction of sp³-hybridized carbons (Fsp3) is 0.455. The molecule has 0 aliphatic carbocycles. The van der Waals surface area contributed by atoms with Gasteiger partial charge in [0.1, 0.15) is 24.0 Å². The highest BCUT2D eigenvalue weighted by Gasteiger charge is 2.43. The number of anilines is 1. The van der Waals surface area contributed by atoms with Crippen molar-refractivity contribution in [1.29, 1.82) is 0 Å². The van der Waals surface area contributed by atoms with E-state index in [2.05, 4.69) is 5.32 Å². The van der Waals surface area contributed by atoms with Crippen molar-refractivity contribution in [3.05, 3.63) is 94.6 Å². The summed E-state index contributed by atoms with van der Waals surface area (Å²) in [6, 6.07) is 17.0. The van der Waals surface area contributed by atoms with Gasteiger partial charge in [-0.2, -0.15) is 0 Å². The predicted octanol–water partition coefficient (Wildman–Crippen LogP) is 6.73. The molecule has 0 aromatic heterocycles. The van der Waals surface area contributed by atoms with Crippen LogP contribution < -0.4 is 15.0 Å². The molecular formula is C33H37F4N3O. The van der Waals surface area contributed by atoms with Crippen LogP contribution >= 0.6 is 0 Å². The van der Waals surface area contributed by atoms with Crippen LogP contribution in [0.3, 0.4) is 0 Å². The molecule has 2 saturated heterocycles. The smallest absolute Gasteiger partial charge is 0.251 e. The van der Waals surface area contributed by atoms with Crippen LogP contribution in [0.15, 0.2) is 60.7 Å². The molecular weight excluding hydrogens is 530 g/mol. The van der Waals surface area contributed by atoms with E-state index in [4.69, 9.17) is 4.74 Å². The second kappa shape index (κ2) is 12.0. The quantitative estimate of drug-likeness (QED) is 0.321. The van der Waals surface area contributed by atoms with Crippen LogP contribution in [0.1, 0.15) is 54.0 Å². The van der Waals surface area contributed by atoms with Gasteiger partial charge in [-0.3, -0.25) is 4.90 Å². The van der Waals surface area contributed by atoms with Crippen molar-refractivity contribution >= 4 is 5.69 Å². The maximum atomic E-state index is 15.8. The Labute approximate surface area is 239 Å². The molecule has 1 atom stereocenters. The Morgan fingerprint density at radius 1 is 0.927 bits per heavy atom. The zero-order valence-electron chi connectivity index (χ0n) is 23.2. The van der Waals surface area contributed by atoms with Crippen molar-refractivity contribution in [2.45, 2.75) is 51.2 Å². The Hall–Kier alpha value is -3.10. The van der Waals surface area contributed by atoms with Gasteiger partial charge in [-0.25, -0.2) is 17.6 Å². The SMILES string of the molecule is Fc1cc(N2CC3(CCCNCCC3)C2)cc(F)c1C1c2ccc(OCc3ccccc3)cc2CCN1CC(F)F. The summed E-state index contributed by atoms with van der Waals surface area (Å²) >= 11 is 0. The lowest BCUT2D eigenvalue weighted by molar-refractivity contribution is 0.0686. The van der Waals surface area contributed by atoms with E-state index < -0.39 is 30.6 Å². The van der Waals surface area contributed by atoms with Crippen LogP contribution in [0, 0.1) is 17.0 Å². The van der Waals surface area contributed by atoms with Crippen LogP contribution in [0.25, 0.3) is 0 Å². The summed E-state index contributed by atoms with van der Waals surface area (Å²) in [6.07, 6.45) is 2.31. The molecule has 0 saturated carbocycles. The normalized spacial score (nSPS) is 20.8. The molecule has 0 amide bonds. The summed E-state index contributed by atoms with van der Waals surface area (Å²) < 4.78 is 64.9. The molecule has 3 aliphatic heterocycles. The third-order valence-electron chi connectivity index (χ3n) is 8.94. The largest absolute Gasteiger partial charge is 0.489 e. The van der Waals surface area contributed by atoms with Gasteiger partial charge in [-0.1, -0.05) is 36.4 Å².